The Morgan fingerprint density at radius 2 is 1.90 bits per heavy atom. The molecule has 0 radical (unpaired) electrons. The second-order valence-corrected chi connectivity index (χ2v) is 8.31. The van der Waals surface area contributed by atoms with E-state index < -0.39 is 0 Å². The number of pyridine rings is 1. The molecule has 1 amide bonds. The average molecular weight is 422 g/mol. The molecule has 4 heterocycles. The molecule has 1 saturated heterocycles. The lowest BCUT2D eigenvalue weighted by Crippen LogP contribution is -2.49. The maximum absolute atomic E-state index is 12.6. The number of aromatic nitrogens is 4. The molecule has 0 unspecified atom stereocenters. The molecule has 0 aromatic carbocycles. The first-order valence-corrected chi connectivity index (χ1v) is 10.8. The fourth-order valence-corrected chi connectivity index (χ4v) is 3.99. The Kier molecular flexibility index (Phi) is 5.17. The molecule has 2 aliphatic rings. The molecule has 2 fully saturated rings. The molecule has 0 N–H and O–H groups in total. The van der Waals surface area contributed by atoms with Crippen molar-refractivity contribution in [2.45, 2.75) is 45.4 Å². The summed E-state index contributed by atoms with van der Waals surface area (Å²) in [5, 5.41) is 8.03. The predicted molar refractivity (Wildman–Crippen MR) is 113 cm³/mol. The molecular weight excluding hydrogens is 396 g/mol. The van der Waals surface area contributed by atoms with Crippen molar-refractivity contribution in [3.05, 3.63) is 41.2 Å². The maximum Gasteiger partial charge on any atom is 0.230 e. The second-order valence-electron chi connectivity index (χ2n) is 8.31. The molecule has 3 aromatic rings. The van der Waals surface area contributed by atoms with Gasteiger partial charge in [-0.2, -0.15) is 4.98 Å². The van der Waals surface area contributed by atoms with E-state index in [-0.39, 0.29) is 5.91 Å². The first kappa shape index (κ1) is 19.7. The number of nitrogens with zero attached hydrogens (tertiary/aromatic N) is 6. The Bertz CT molecular complexity index is 1040. The summed E-state index contributed by atoms with van der Waals surface area (Å²) in [5.41, 5.74) is 2.77. The quantitative estimate of drug-likeness (QED) is 0.598. The minimum Gasteiger partial charge on any atom is -0.361 e. The zero-order valence-electron chi connectivity index (χ0n) is 17.9. The zero-order valence-corrected chi connectivity index (χ0v) is 17.9. The van der Waals surface area contributed by atoms with Crippen molar-refractivity contribution >= 4 is 11.7 Å². The van der Waals surface area contributed by atoms with Gasteiger partial charge in [-0.05, 0) is 45.2 Å². The van der Waals surface area contributed by atoms with Gasteiger partial charge >= 0.3 is 0 Å². The molecule has 0 bridgehead atoms. The highest BCUT2D eigenvalue weighted by Crippen LogP contribution is 2.39. The lowest BCUT2D eigenvalue weighted by atomic mass is 10.1. The van der Waals surface area contributed by atoms with E-state index in [0.717, 1.165) is 60.2 Å². The molecule has 0 spiro atoms. The van der Waals surface area contributed by atoms with Gasteiger partial charge in [0, 0.05) is 55.8 Å². The van der Waals surface area contributed by atoms with Gasteiger partial charge in [-0.1, -0.05) is 10.3 Å². The molecule has 9 heteroatoms. The van der Waals surface area contributed by atoms with Crippen molar-refractivity contribution in [3.63, 3.8) is 0 Å². The summed E-state index contributed by atoms with van der Waals surface area (Å²) in [6, 6.07) is 3.96. The van der Waals surface area contributed by atoms with E-state index in [1.807, 2.05) is 30.9 Å². The van der Waals surface area contributed by atoms with E-state index in [4.69, 9.17) is 9.05 Å². The topological polar surface area (TPSA) is 101 Å². The molecular formula is C22H26N6O3. The molecule has 162 valence electrons. The van der Waals surface area contributed by atoms with Crippen LogP contribution in [0, 0.1) is 13.8 Å². The molecule has 5 rings (SSSR count). The van der Waals surface area contributed by atoms with Gasteiger partial charge in [0.05, 0.1) is 5.69 Å². The molecule has 3 aromatic heterocycles. The third-order valence-electron chi connectivity index (χ3n) is 6.10. The van der Waals surface area contributed by atoms with E-state index in [1.165, 1.54) is 0 Å². The lowest BCUT2D eigenvalue weighted by Gasteiger charge is -2.35. The highest BCUT2D eigenvalue weighted by atomic mass is 16.5. The van der Waals surface area contributed by atoms with E-state index >= 15 is 0 Å². The Morgan fingerprint density at radius 1 is 1.10 bits per heavy atom. The van der Waals surface area contributed by atoms with Crippen LogP contribution in [0.5, 0.6) is 0 Å². The molecule has 1 aliphatic heterocycles. The van der Waals surface area contributed by atoms with Crippen molar-refractivity contribution in [3.8, 4) is 11.4 Å². The number of aryl methyl sites for hydroxylation is 2. The fraction of sp³-hybridized carbons (Fsp3) is 0.500. The van der Waals surface area contributed by atoms with Gasteiger partial charge in [-0.25, -0.2) is 4.98 Å². The van der Waals surface area contributed by atoms with Crippen LogP contribution in [0.3, 0.4) is 0 Å². The summed E-state index contributed by atoms with van der Waals surface area (Å²) < 4.78 is 10.5. The fourth-order valence-electron chi connectivity index (χ4n) is 3.99. The average Bonchev–Trinajstić information content (AvgIpc) is 3.45. The molecule has 0 atom stereocenters. The Balaban J connectivity index is 1.14. The zero-order chi connectivity index (χ0) is 21.4. The molecule has 9 nitrogen and oxygen atoms in total. The van der Waals surface area contributed by atoms with Crippen LogP contribution in [0.15, 0.2) is 27.4 Å². The Morgan fingerprint density at radius 3 is 2.55 bits per heavy atom. The van der Waals surface area contributed by atoms with E-state index in [0.29, 0.717) is 37.7 Å². The van der Waals surface area contributed by atoms with E-state index in [9.17, 15) is 4.79 Å². The van der Waals surface area contributed by atoms with Gasteiger partial charge in [0.15, 0.2) is 0 Å². The standard InChI is InChI=1S/C22H26N6O3/c1-14-18(15(2)30-25-14)6-8-20(29)28-11-9-27(10-12-28)19-7-5-17(13-23-19)21-24-22(31-26-21)16-3-4-16/h5,7,13,16H,3-4,6,8-12H2,1-2H3. The normalized spacial score (nSPS) is 16.7. The highest BCUT2D eigenvalue weighted by Gasteiger charge is 2.30. The minimum absolute atomic E-state index is 0.173. The van der Waals surface area contributed by atoms with Crippen molar-refractivity contribution in [2.75, 3.05) is 31.1 Å². The van der Waals surface area contributed by atoms with Crippen LogP contribution in [-0.2, 0) is 11.2 Å². The summed E-state index contributed by atoms with van der Waals surface area (Å²) in [6.45, 7) is 6.72. The summed E-state index contributed by atoms with van der Waals surface area (Å²) in [5.74, 6) is 3.64. The van der Waals surface area contributed by atoms with Crippen LogP contribution >= 0.6 is 0 Å². The van der Waals surface area contributed by atoms with E-state index in [1.54, 1.807) is 6.20 Å². The molecule has 1 saturated carbocycles. The number of anilines is 1. The SMILES string of the molecule is Cc1noc(C)c1CCC(=O)N1CCN(c2ccc(-c3noc(C4CC4)n3)cn2)CC1. The number of hydrogen-bond acceptors (Lipinski definition) is 8. The molecule has 1 aliphatic carbocycles. The van der Waals surface area contributed by atoms with Gasteiger partial charge in [-0.3, -0.25) is 4.79 Å². The summed E-state index contributed by atoms with van der Waals surface area (Å²) in [6.07, 6.45) is 5.20. The minimum atomic E-state index is 0.173. The summed E-state index contributed by atoms with van der Waals surface area (Å²) >= 11 is 0. The number of piperazine rings is 1. The third-order valence-corrected chi connectivity index (χ3v) is 6.10. The van der Waals surface area contributed by atoms with Crippen LogP contribution < -0.4 is 4.90 Å². The van der Waals surface area contributed by atoms with Crippen molar-refractivity contribution in [1.82, 2.24) is 25.2 Å². The van der Waals surface area contributed by atoms with Gasteiger partial charge < -0.3 is 18.8 Å². The van der Waals surface area contributed by atoms with E-state index in [2.05, 4.69) is 25.2 Å². The van der Waals surface area contributed by atoms with Crippen molar-refractivity contribution in [2.24, 2.45) is 0 Å². The Labute approximate surface area is 180 Å². The second kappa shape index (κ2) is 8.13. The lowest BCUT2D eigenvalue weighted by molar-refractivity contribution is -0.131. The number of rotatable bonds is 6. The third kappa shape index (κ3) is 4.17. The summed E-state index contributed by atoms with van der Waals surface area (Å²) in [7, 11) is 0. The molecule has 31 heavy (non-hydrogen) atoms. The highest BCUT2D eigenvalue weighted by molar-refractivity contribution is 5.77. The van der Waals surface area contributed by atoms with Crippen LogP contribution in [0.25, 0.3) is 11.4 Å². The van der Waals surface area contributed by atoms with Gasteiger partial charge in [-0.15, -0.1) is 0 Å². The first-order chi connectivity index (χ1) is 15.1. The number of hydrogen-bond donors (Lipinski definition) is 0. The Hall–Kier alpha value is -3.23. The van der Waals surface area contributed by atoms with Gasteiger partial charge in [0.2, 0.25) is 17.6 Å². The predicted octanol–water partition coefficient (Wildman–Crippen LogP) is 2.90. The first-order valence-electron chi connectivity index (χ1n) is 10.8. The van der Waals surface area contributed by atoms with Crippen molar-refractivity contribution < 1.29 is 13.8 Å². The maximum atomic E-state index is 12.6. The van der Waals surface area contributed by atoms with Crippen LogP contribution in [0.4, 0.5) is 5.82 Å². The van der Waals surface area contributed by atoms with Crippen LogP contribution in [0.1, 0.15) is 48.1 Å². The number of carbonyl (C=O) groups excluding carboxylic acids is 1. The van der Waals surface area contributed by atoms with Crippen LogP contribution in [0.2, 0.25) is 0 Å². The van der Waals surface area contributed by atoms with Gasteiger partial charge in [0.25, 0.3) is 0 Å². The van der Waals surface area contributed by atoms with Crippen molar-refractivity contribution in [1.29, 1.82) is 0 Å². The largest absolute Gasteiger partial charge is 0.361 e. The number of carbonyl (C=O) groups is 1. The van der Waals surface area contributed by atoms with Gasteiger partial charge in [0.1, 0.15) is 11.6 Å². The smallest absolute Gasteiger partial charge is 0.230 e. The monoisotopic (exact) mass is 422 g/mol. The summed E-state index contributed by atoms with van der Waals surface area (Å²) in [4.78, 5) is 25.8. The van der Waals surface area contributed by atoms with Crippen LogP contribution in [-0.4, -0.2) is 57.3 Å². The number of amides is 1.